The number of nitrogens with zero attached hydrogens (tertiary/aromatic N) is 1. The van der Waals surface area contributed by atoms with Crippen molar-refractivity contribution in [2.45, 2.75) is 32.0 Å². The molecule has 0 fully saturated rings. The van der Waals surface area contributed by atoms with Gasteiger partial charge < -0.3 is 9.84 Å². The number of carboxylic acids is 1. The van der Waals surface area contributed by atoms with Crippen LogP contribution in [0.5, 0.6) is 5.75 Å². The van der Waals surface area contributed by atoms with E-state index in [2.05, 4.69) is 26.8 Å². The van der Waals surface area contributed by atoms with Crippen molar-refractivity contribution in [2.75, 3.05) is 0 Å². The van der Waals surface area contributed by atoms with Crippen LogP contribution < -0.4 is 10.5 Å². The van der Waals surface area contributed by atoms with Gasteiger partial charge in [-0.3, -0.25) is 9.51 Å². The number of hydrogen-bond acceptors (Lipinski definition) is 5. The van der Waals surface area contributed by atoms with Crippen molar-refractivity contribution in [3.63, 3.8) is 0 Å². The quantitative estimate of drug-likeness (QED) is 0.125. The standard InChI is InChI=1S/C41H33F3N2O5/c42-41(43,44)36-23-21-32(22-24-36)31-14-12-30(13-15-31)26-50-37-4-2-1-3-33(37)16-9-28(6-5-27-7-19-35(20-8-27)39(47)48)25-29-10-17-34(18-11-29)38-45-40(49)51-46-38/h1-4,7-24,28H,5-6,25-26H2,(H,47,48)(H,45,46,49)/b16-9-. The zero-order valence-corrected chi connectivity index (χ0v) is 27.3. The number of aryl methyl sites for hydroxylation is 1. The third kappa shape index (κ3) is 9.30. The van der Waals surface area contributed by atoms with Crippen molar-refractivity contribution in [3.05, 3.63) is 171 Å². The molecule has 6 aromatic rings. The summed E-state index contributed by atoms with van der Waals surface area (Å²) in [4.78, 5) is 25.2. The fourth-order valence-corrected chi connectivity index (χ4v) is 5.68. The molecular formula is C41H33F3N2O5. The van der Waals surface area contributed by atoms with E-state index in [-0.39, 0.29) is 11.5 Å². The SMILES string of the molecule is O=C(O)c1ccc(CCC(/C=C\c2ccccc2OCc2ccc(-c3ccc(C(F)(F)F)cc3)cc2)Cc2ccc(-c3noc(=O)[nH]3)cc2)cc1. The van der Waals surface area contributed by atoms with Gasteiger partial charge in [-0.25, -0.2) is 9.59 Å². The normalized spacial score (nSPS) is 12.2. The molecule has 5 aromatic carbocycles. The van der Waals surface area contributed by atoms with Gasteiger partial charge in [0.15, 0.2) is 5.82 Å². The van der Waals surface area contributed by atoms with Gasteiger partial charge in [-0.15, -0.1) is 0 Å². The Bertz CT molecular complexity index is 2150. The molecule has 0 amide bonds. The lowest BCUT2D eigenvalue weighted by Crippen LogP contribution is -2.04. The van der Waals surface area contributed by atoms with Crippen LogP contribution in [0.25, 0.3) is 28.6 Å². The number of hydrogen-bond donors (Lipinski definition) is 2. The number of carboxylic acid groups (broad SMARTS) is 1. The van der Waals surface area contributed by atoms with Crippen LogP contribution in [0, 0.1) is 5.92 Å². The Hall–Kier alpha value is -6.16. The predicted molar refractivity (Wildman–Crippen MR) is 188 cm³/mol. The molecule has 0 aliphatic carbocycles. The maximum Gasteiger partial charge on any atom is 0.439 e. The van der Waals surface area contributed by atoms with Crippen molar-refractivity contribution in [2.24, 2.45) is 5.92 Å². The molecule has 1 unspecified atom stereocenters. The molecule has 6 rings (SSSR count). The first-order chi connectivity index (χ1) is 24.6. The number of halogens is 3. The molecular weight excluding hydrogens is 657 g/mol. The summed E-state index contributed by atoms with van der Waals surface area (Å²) in [5.74, 6) is -0.396. The number of aromatic carboxylic acids is 1. The molecule has 0 aliphatic rings. The maximum absolute atomic E-state index is 13.0. The summed E-state index contributed by atoms with van der Waals surface area (Å²) in [6.45, 7) is 0.303. The van der Waals surface area contributed by atoms with Crippen LogP contribution >= 0.6 is 0 Å². The summed E-state index contributed by atoms with van der Waals surface area (Å²) in [5, 5.41) is 13.0. The third-order valence-corrected chi connectivity index (χ3v) is 8.53. The average molecular weight is 691 g/mol. The van der Waals surface area contributed by atoms with E-state index in [1.807, 2.05) is 84.9 Å². The molecule has 2 N–H and O–H groups in total. The molecule has 1 aromatic heterocycles. The highest BCUT2D eigenvalue weighted by molar-refractivity contribution is 5.87. The highest BCUT2D eigenvalue weighted by Gasteiger charge is 2.30. The number of H-pyrrole nitrogens is 1. The maximum atomic E-state index is 13.0. The Morgan fingerprint density at radius 1 is 0.804 bits per heavy atom. The van der Waals surface area contributed by atoms with Gasteiger partial charge in [0, 0.05) is 11.1 Å². The first kappa shape index (κ1) is 34.7. The van der Waals surface area contributed by atoms with Crippen molar-refractivity contribution in [1.82, 2.24) is 10.1 Å². The van der Waals surface area contributed by atoms with Crippen LogP contribution in [0.4, 0.5) is 13.2 Å². The summed E-state index contributed by atoms with van der Waals surface area (Å²) in [5.41, 5.74) is 5.74. The molecule has 258 valence electrons. The second kappa shape index (κ2) is 15.6. The Balaban J connectivity index is 1.14. The second-order valence-corrected chi connectivity index (χ2v) is 12.1. The first-order valence-corrected chi connectivity index (χ1v) is 16.2. The Morgan fingerprint density at radius 2 is 1.41 bits per heavy atom. The second-order valence-electron chi connectivity index (χ2n) is 12.1. The highest BCUT2D eigenvalue weighted by Crippen LogP contribution is 2.31. The van der Waals surface area contributed by atoms with E-state index in [1.54, 1.807) is 12.1 Å². The number of carbonyl (C=O) groups is 1. The van der Waals surface area contributed by atoms with E-state index in [4.69, 9.17) is 4.74 Å². The Kier molecular flexibility index (Phi) is 10.6. The molecule has 0 spiro atoms. The smallest absolute Gasteiger partial charge is 0.439 e. The van der Waals surface area contributed by atoms with Crippen molar-refractivity contribution in [3.8, 4) is 28.3 Å². The van der Waals surface area contributed by atoms with Gasteiger partial charge in [-0.05, 0) is 83.3 Å². The monoisotopic (exact) mass is 690 g/mol. The zero-order chi connectivity index (χ0) is 35.8. The molecule has 1 atom stereocenters. The van der Waals surface area contributed by atoms with Crippen LogP contribution in [0.3, 0.4) is 0 Å². The summed E-state index contributed by atoms with van der Waals surface area (Å²) >= 11 is 0. The molecule has 1 heterocycles. The minimum atomic E-state index is -4.38. The number of alkyl halides is 3. The van der Waals surface area contributed by atoms with E-state index in [1.165, 1.54) is 12.1 Å². The van der Waals surface area contributed by atoms with Gasteiger partial charge in [0.25, 0.3) is 0 Å². The van der Waals surface area contributed by atoms with Crippen LogP contribution in [0.1, 0.15) is 44.6 Å². The predicted octanol–water partition coefficient (Wildman–Crippen LogP) is 9.50. The lowest BCUT2D eigenvalue weighted by molar-refractivity contribution is -0.137. The number of allylic oxidation sites excluding steroid dienone is 1. The largest absolute Gasteiger partial charge is 0.488 e. The van der Waals surface area contributed by atoms with Gasteiger partial charge in [-0.1, -0.05) is 108 Å². The number of ether oxygens (including phenoxy) is 1. The van der Waals surface area contributed by atoms with Gasteiger partial charge in [0.2, 0.25) is 0 Å². The number of aromatic nitrogens is 2. The number of para-hydroxylation sites is 1. The summed E-state index contributed by atoms with van der Waals surface area (Å²) < 4.78 is 49.7. The number of nitrogens with one attached hydrogen (secondary N) is 1. The molecule has 0 saturated carbocycles. The van der Waals surface area contributed by atoms with Crippen LogP contribution in [0.15, 0.2) is 137 Å². The van der Waals surface area contributed by atoms with Gasteiger partial charge >= 0.3 is 17.9 Å². The number of aromatic amines is 1. The minimum Gasteiger partial charge on any atom is -0.488 e. The van der Waals surface area contributed by atoms with Crippen molar-refractivity contribution < 1.29 is 32.3 Å². The molecule has 10 heteroatoms. The molecule has 0 aliphatic heterocycles. The van der Waals surface area contributed by atoms with Crippen LogP contribution in [-0.4, -0.2) is 21.2 Å². The highest BCUT2D eigenvalue weighted by atomic mass is 19.4. The molecule has 51 heavy (non-hydrogen) atoms. The van der Waals surface area contributed by atoms with E-state index in [9.17, 15) is 27.9 Å². The molecule has 0 saturated heterocycles. The average Bonchev–Trinajstić information content (AvgIpc) is 3.58. The topological polar surface area (TPSA) is 105 Å². The van der Waals surface area contributed by atoms with E-state index < -0.39 is 23.5 Å². The Labute approximate surface area is 291 Å². The van der Waals surface area contributed by atoms with Crippen LogP contribution in [0.2, 0.25) is 0 Å². The van der Waals surface area contributed by atoms with Gasteiger partial charge in [0.05, 0.1) is 11.1 Å². The van der Waals surface area contributed by atoms with E-state index in [0.717, 1.165) is 64.8 Å². The first-order valence-electron chi connectivity index (χ1n) is 16.2. The number of rotatable bonds is 13. The Morgan fingerprint density at radius 3 is 2.04 bits per heavy atom. The minimum absolute atomic E-state index is 0.118. The van der Waals surface area contributed by atoms with Gasteiger partial charge in [-0.2, -0.15) is 13.2 Å². The number of benzene rings is 5. The summed E-state index contributed by atoms with van der Waals surface area (Å²) in [6.07, 6.45) is 2.11. The van der Waals surface area contributed by atoms with Gasteiger partial charge in [0.1, 0.15) is 12.4 Å². The molecule has 0 radical (unpaired) electrons. The lowest BCUT2D eigenvalue weighted by atomic mass is 9.91. The summed E-state index contributed by atoms with van der Waals surface area (Å²) in [7, 11) is 0. The molecule has 0 bridgehead atoms. The molecule has 7 nitrogen and oxygen atoms in total. The van der Waals surface area contributed by atoms with E-state index in [0.29, 0.717) is 23.7 Å². The van der Waals surface area contributed by atoms with Crippen LogP contribution in [-0.2, 0) is 25.6 Å². The van der Waals surface area contributed by atoms with E-state index >= 15 is 0 Å². The fraction of sp³-hybridized carbons (Fsp3) is 0.146. The summed E-state index contributed by atoms with van der Waals surface area (Å²) in [6, 6.07) is 35.0. The fourth-order valence-electron chi connectivity index (χ4n) is 5.68. The lowest BCUT2D eigenvalue weighted by Gasteiger charge is -2.15. The third-order valence-electron chi connectivity index (χ3n) is 8.53. The van der Waals surface area contributed by atoms with Crippen molar-refractivity contribution in [1.29, 1.82) is 0 Å². The zero-order valence-electron chi connectivity index (χ0n) is 27.3. The van der Waals surface area contributed by atoms with Crippen molar-refractivity contribution >= 4 is 12.0 Å².